The van der Waals surface area contributed by atoms with Gasteiger partial charge in [0.1, 0.15) is 6.04 Å². The molecule has 0 bridgehead atoms. The summed E-state index contributed by atoms with van der Waals surface area (Å²) in [5, 5.41) is 13.5. The van der Waals surface area contributed by atoms with Crippen LogP contribution in [0.2, 0.25) is 5.02 Å². The van der Waals surface area contributed by atoms with Gasteiger partial charge in [-0.25, -0.2) is 5.01 Å². The van der Waals surface area contributed by atoms with Gasteiger partial charge >= 0.3 is 0 Å². The fourth-order valence-electron chi connectivity index (χ4n) is 3.25. The van der Waals surface area contributed by atoms with Gasteiger partial charge in [0.2, 0.25) is 11.8 Å². The van der Waals surface area contributed by atoms with Gasteiger partial charge in [-0.1, -0.05) is 48.0 Å². The summed E-state index contributed by atoms with van der Waals surface area (Å²) in [4.78, 5) is 39.5. The van der Waals surface area contributed by atoms with Crippen molar-refractivity contribution in [1.29, 1.82) is 0 Å². The number of aliphatic hydroxyl groups excluding tert-OH is 1. The van der Waals surface area contributed by atoms with Gasteiger partial charge < -0.3 is 10.4 Å². The first-order chi connectivity index (χ1) is 15.4. The minimum absolute atomic E-state index is 0.0594. The fraction of sp³-hybridized carbons (Fsp3) is 0.273. The monoisotopic (exact) mass is 474 g/mol. The topological polar surface area (TPSA) is 102 Å². The second-order valence-corrected chi connectivity index (χ2v) is 8.00. The maximum absolute atomic E-state index is 13.2. The van der Waals surface area contributed by atoms with Gasteiger partial charge in [0.05, 0.1) is 13.0 Å². The Labute approximate surface area is 196 Å². The molecule has 1 heterocycles. The number of halogens is 1. The van der Waals surface area contributed by atoms with Crippen LogP contribution >= 0.6 is 23.8 Å². The first-order valence-corrected chi connectivity index (χ1v) is 10.8. The van der Waals surface area contributed by atoms with Crippen molar-refractivity contribution in [2.45, 2.75) is 31.8 Å². The third kappa shape index (κ3) is 6.03. The van der Waals surface area contributed by atoms with Crippen LogP contribution in [0.3, 0.4) is 0 Å². The first kappa shape index (κ1) is 23.6. The minimum atomic E-state index is -0.997. The molecule has 1 fully saturated rings. The van der Waals surface area contributed by atoms with Gasteiger partial charge in [0.25, 0.3) is 5.91 Å². The molecule has 0 aromatic heterocycles. The molecular weight excluding hydrogens is 452 g/mol. The van der Waals surface area contributed by atoms with E-state index in [1.807, 2.05) is 30.3 Å². The number of nitrogens with zero attached hydrogens (tertiary/aromatic N) is 2. The second-order valence-electron chi connectivity index (χ2n) is 7.20. The third-order valence-corrected chi connectivity index (χ3v) is 5.43. The van der Waals surface area contributed by atoms with Crippen LogP contribution in [0, 0.1) is 0 Å². The van der Waals surface area contributed by atoms with Crippen molar-refractivity contribution in [3.8, 4) is 0 Å². The van der Waals surface area contributed by atoms with E-state index in [0.717, 1.165) is 5.56 Å². The molecule has 0 spiro atoms. The lowest BCUT2D eigenvalue weighted by Gasteiger charge is -2.24. The van der Waals surface area contributed by atoms with Crippen LogP contribution in [-0.2, 0) is 20.9 Å². The van der Waals surface area contributed by atoms with Gasteiger partial charge in [0.15, 0.2) is 5.11 Å². The summed E-state index contributed by atoms with van der Waals surface area (Å²) in [6.07, 6.45) is 0.106. The van der Waals surface area contributed by atoms with Crippen LogP contribution in [0.1, 0.15) is 24.8 Å². The summed E-state index contributed by atoms with van der Waals surface area (Å²) in [5.41, 5.74) is 3.97. The zero-order valence-corrected chi connectivity index (χ0v) is 18.7. The third-order valence-electron chi connectivity index (χ3n) is 4.78. The van der Waals surface area contributed by atoms with Crippen molar-refractivity contribution in [3.05, 3.63) is 65.2 Å². The molecule has 8 nitrogen and oxygen atoms in total. The number of carbonyl (C=O) groups is 3. The molecule has 10 heteroatoms. The van der Waals surface area contributed by atoms with Crippen molar-refractivity contribution >= 4 is 52.3 Å². The molecule has 2 aromatic rings. The van der Waals surface area contributed by atoms with Crippen LogP contribution in [0.4, 0.5) is 5.69 Å². The molecule has 3 rings (SSSR count). The van der Waals surface area contributed by atoms with E-state index in [1.165, 1.54) is 9.91 Å². The number of carbonyl (C=O) groups excluding carboxylic acids is 3. The van der Waals surface area contributed by atoms with Crippen molar-refractivity contribution in [2.75, 3.05) is 11.9 Å². The Morgan fingerprint density at radius 2 is 1.84 bits per heavy atom. The van der Waals surface area contributed by atoms with Crippen LogP contribution in [0.15, 0.2) is 54.6 Å². The molecule has 32 heavy (non-hydrogen) atoms. The quantitative estimate of drug-likeness (QED) is 0.482. The van der Waals surface area contributed by atoms with E-state index in [2.05, 4.69) is 10.7 Å². The predicted octanol–water partition coefficient (Wildman–Crippen LogP) is 2.47. The summed E-state index contributed by atoms with van der Waals surface area (Å²) in [7, 11) is 0. The second kappa shape index (κ2) is 11.0. The molecule has 0 aliphatic carbocycles. The number of anilines is 1. The lowest BCUT2D eigenvalue weighted by molar-refractivity contribution is -0.133. The predicted molar refractivity (Wildman–Crippen MR) is 124 cm³/mol. The van der Waals surface area contributed by atoms with E-state index < -0.39 is 17.9 Å². The van der Waals surface area contributed by atoms with E-state index >= 15 is 0 Å². The maximum atomic E-state index is 13.2. The van der Waals surface area contributed by atoms with Crippen molar-refractivity contribution in [1.82, 2.24) is 15.3 Å². The van der Waals surface area contributed by atoms with Crippen LogP contribution in [0.25, 0.3) is 0 Å². The molecular formula is C22H23ClN4O4S. The Morgan fingerprint density at radius 3 is 2.53 bits per heavy atom. The number of thiocarbonyl (C=S) groups is 1. The van der Waals surface area contributed by atoms with Crippen molar-refractivity contribution < 1.29 is 19.5 Å². The SMILES string of the molecule is O=C(CC1C(=O)N(Cc2ccccc2)C(=S)N1NC(=O)CCCO)Nc1cccc(Cl)c1. The van der Waals surface area contributed by atoms with Crippen LogP contribution in [0.5, 0.6) is 0 Å². The standard InChI is InChI=1S/C22H23ClN4O4S/c23-16-8-4-9-17(12-16)24-20(30)13-18-21(31)26(14-15-6-2-1-3-7-15)22(32)27(18)25-19(29)10-5-11-28/h1-4,6-9,12,18,28H,5,10-11,13-14H2,(H,24,30)(H,25,29). The average molecular weight is 475 g/mol. The Morgan fingerprint density at radius 1 is 1.09 bits per heavy atom. The minimum Gasteiger partial charge on any atom is -0.396 e. The molecule has 1 aliphatic heterocycles. The van der Waals surface area contributed by atoms with Crippen molar-refractivity contribution in [3.63, 3.8) is 0 Å². The van der Waals surface area contributed by atoms with Crippen molar-refractivity contribution in [2.24, 2.45) is 0 Å². The van der Waals surface area contributed by atoms with Gasteiger partial charge in [-0.15, -0.1) is 0 Å². The number of rotatable bonds is 9. The summed E-state index contributed by atoms with van der Waals surface area (Å²) in [5.74, 6) is -1.22. The highest BCUT2D eigenvalue weighted by Crippen LogP contribution is 2.23. The molecule has 1 aliphatic rings. The number of hydrogen-bond acceptors (Lipinski definition) is 5. The molecule has 1 atom stereocenters. The highest BCUT2D eigenvalue weighted by atomic mass is 35.5. The Bertz CT molecular complexity index is 1000. The first-order valence-electron chi connectivity index (χ1n) is 10.0. The summed E-state index contributed by atoms with van der Waals surface area (Å²) >= 11 is 11.4. The number of aliphatic hydroxyl groups is 1. The van der Waals surface area contributed by atoms with E-state index in [0.29, 0.717) is 10.7 Å². The van der Waals surface area contributed by atoms with Gasteiger partial charge in [0, 0.05) is 23.7 Å². The summed E-state index contributed by atoms with van der Waals surface area (Å²) in [6, 6.07) is 14.9. The number of hydrogen-bond donors (Lipinski definition) is 3. The normalized spacial score (nSPS) is 15.8. The Balaban J connectivity index is 1.77. The van der Waals surface area contributed by atoms with E-state index in [1.54, 1.807) is 24.3 Å². The fourth-order valence-corrected chi connectivity index (χ4v) is 3.77. The largest absolute Gasteiger partial charge is 0.396 e. The molecule has 2 aromatic carbocycles. The smallest absolute Gasteiger partial charge is 0.254 e. The molecule has 0 radical (unpaired) electrons. The highest BCUT2D eigenvalue weighted by molar-refractivity contribution is 7.80. The lowest BCUT2D eigenvalue weighted by Crippen LogP contribution is -2.49. The number of nitrogens with one attached hydrogen (secondary N) is 2. The van der Waals surface area contributed by atoms with Gasteiger partial charge in [-0.05, 0) is 42.4 Å². The Hall–Kier alpha value is -3.01. The summed E-state index contributed by atoms with van der Waals surface area (Å²) < 4.78 is 0. The molecule has 1 saturated heterocycles. The number of benzene rings is 2. The molecule has 0 saturated carbocycles. The molecule has 3 N–H and O–H groups in total. The van der Waals surface area contributed by atoms with Gasteiger partial charge in [-0.3, -0.25) is 24.7 Å². The molecule has 1 unspecified atom stereocenters. The van der Waals surface area contributed by atoms with Gasteiger partial charge in [-0.2, -0.15) is 0 Å². The lowest BCUT2D eigenvalue weighted by atomic mass is 10.1. The average Bonchev–Trinajstić information content (AvgIpc) is 2.97. The number of amides is 3. The highest BCUT2D eigenvalue weighted by Gasteiger charge is 2.44. The van der Waals surface area contributed by atoms with Crippen LogP contribution < -0.4 is 10.7 Å². The maximum Gasteiger partial charge on any atom is 0.254 e. The summed E-state index contributed by atoms with van der Waals surface area (Å²) in [6.45, 7) is 0.0797. The number of hydrazine groups is 1. The zero-order valence-electron chi connectivity index (χ0n) is 17.2. The molecule has 3 amide bonds. The zero-order chi connectivity index (χ0) is 23.1. The van der Waals surface area contributed by atoms with E-state index in [9.17, 15) is 14.4 Å². The van der Waals surface area contributed by atoms with Crippen LogP contribution in [-0.4, -0.2) is 50.5 Å². The van der Waals surface area contributed by atoms with E-state index in [-0.39, 0.29) is 43.4 Å². The molecule has 168 valence electrons. The Kier molecular flexibility index (Phi) is 8.15. The van der Waals surface area contributed by atoms with E-state index in [4.69, 9.17) is 28.9 Å².